The van der Waals surface area contributed by atoms with E-state index >= 15 is 0 Å². The van der Waals surface area contributed by atoms with E-state index in [1.165, 1.54) is 0 Å². The minimum Gasteiger partial charge on any atom is -0.497 e. The number of rotatable bonds is 8. The molecule has 0 saturated carbocycles. The van der Waals surface area contributed by atoms with Crippen molar-refractivity contribution in [1.82, 2.24) is 10.6 Å². The van der Waals surface area contributed by atoms with Crippen LogP contribution < -0.4 is 24.8 Å². The number of ether oxygens (including phenoxy) is 3. The van der Waals surface area contributed by atoms with Gasteiger partial charge in [-0.1, -0.05) is 28.1 Å². The van der Waals surface area contributed by atoms with Gasteiger partial charge in [-0.2, -0.15) is 0 Å². The molecule has 0 fully saturated rings. The van der Waals surface area contributed by atoms with E-state index in [9.17, 15) is 0 Å². The third kappa shape index (κ3) is 6.06. The fourth-order valence-electron chi connectivity index (χ4n) is 2.45. The molecule has 0 atom stereocenters. The van der Waals surface area contributed by atoms with Crippen LogP contribution in [0.4, 0.5) is 0 Å². The molecule has 6 nitrogen and oxygen atoms in total. The minimum atomic E-state index is 0.576. The standard InChI is InChI=1S/C20H26BrN3O3/c1-5-22-20(23-12-14-6-8-16(25-2)9-7-14)24-13-15-10-18(26-3)19(27-4)11-17(15)21/h6-11H,5,12-13H2,1-4H3,(H2,22,23,24). The molecule has 7 heteroatoms. The van der Waals surface area contributed by atoms with Crippen molar-refractivity contribution in [3.63, 3.8) is 0 Å². The number of aliphatic imine (C=N–C) groups is 1. The van der Waals surface area contributed by atoms with Crippen LogP contribution in [0.25, 0.3) is 0 Å². The number of hydrogen-bond donors (Lipinski definition) is 2. The smallest absolute Gasteiger partial charge is 0.191 e. The summed E-state index contributed by atoms with van der Waals surface area (Å²) in [5, 5.41) is 6.61. The van der Waals surface area contributed by atoms with Gasteiger partial charge in [0.2, 0.25) is 0 Å². The maximum absolute atomic E-state index is 5.38. The molecule has 0 unspecified atom stereocenters. The van der Waals surface area contributed by atoms with Crippen LogP contribution in [0, 0.1) is 0 Å². The molecule has 2 aromatic carbocycles. The van der Waals surface area contributed by atoms with E-state index in [-0.39, 0.29) is 0 Å². The zero-order chi connectivity index (χ0) is 19.6. The second-order valence-corrected chi connectivity index (χ2v) is 6.55. The summed E-state index contributed by atoms with van der Waals surface area (Å²) in [6.07, 6.45) is 0. The van der Waals surface area contributed by atoms with Crippen LogP contribution in [0.2, 0.25) is 0 Å². The Morgan fingerprint density at radius 3 is 2.22 bits per heavy atom. The lowest BCUT2D eigenvalue weighted by Crippen LogP contribution is -2.36. The normalized spacial score (nSPS) is 11.1. The van der Waals surface area contributed by atoms with Gasteiger partial charge in [0.1, 0.15) is 5.75 Å². The maximum Gasteiger partial charge on any atom is 0.191 e. The van der Waals surface area contributed by atoms with Crippen LogP contribution in [0.1, 0.15) is 18.1 Å². The number of methoxy groups -OCH3 is 3. The number of benzene rings is 2. The van der Waals surface area contributed by atoms with Crippen molar-refractivity contribution >= 4 is 21.9 Å². The van der Waals surface area contributed by atoms with Crippen LogP contribution in [-0.4, -0.2) is 33.8 Å². The highest BCUT2D eigenvalue weighted by Gasteiger charge is 2.10. The molecular weight excluding hydrogens is 410 g/mol. The molecule has 0 aliphatic heterocycles. The van der Waals surface area contributed by atoms with Crippen LogP contribution in [-0.2, 0) is 13.1 Å². The maximum atomic E-state index is 5.38. The fourth-order valence-corrected chi connectivity index (χ4v) is 2.92. The van der Waals surface area contributed by atoms with E-state index in [1.807, 2.05) is 43.3 Å². The van der Waals surface area contributed by atoms with Crippen molar-refractivity contribution < 1.29 is 14.2 Å². The molecule has 2 aromatic rings. The van der Waals surface area contributed by atoms with Gasteiger partial charge in [-0.3, -0.25) is 0 Å². The Bertz CT molecular complexity index is 764. The quantitative estimate of drug-likeness (QED) is 0.488. The minimum absolute atomic E-state index is 0.576. The molecule has 0 saturated heterocycles. The third-order valence-electron chi connectivity index (χ3n) is 3.92. The van der Waals surface area contributed by atoms with E-state index < -0.39 is 0 Å². The van der Waals surface area contributed by atoms with E-state index in [4.69, 9.17) is 14.2 Å². The first-order valence-corrected chi connectivity index (χ1v) is 9.46. The zero-order valence-electron chi connectivity index (χ0n) is 16.1. The van der Waals surface area contributed by atoms with Gasteiger partial charge >= 0.3 is 0 Å². The number of halogens is 1. The summed E-state index contributed by atoms with van der Waals surface area (Å²) in [5.41, 5.74) is 2.16. The Labute approximate surface area is 169 Å². The van der Waals surface area contributed by atoms with Crippen molar-refractivity contribution in [1.29, 1.82) is 0 Å². The average Bonchev–Trinajstić information content (AvgIpc) is 2.70. The Kier molecular flexibility index (Phi) is 8.26. The van der Waals surface area contributed by atoms with Crippen LogP contribution in [0.15, 0.2) is 45.9 Å². The molecule has 146 valence electrons. The van der Waals surface area contributed by atoms with Crippen molar-refractivity contribution in [3.05, 3.63) is 52.0 Å². The Morgan fingerprint density at radius 1 is 0.963 bits per heavy atom. The van der Waals surface area contributed by atoms with E-state index in [0.29, 0.717) is 24.6 Å². The summed E-state index contributed by atoms with van der Waals surface area (Å²) in [5.74, 6) is 2.96. The first-order valence-electron chi connectivity index (χ1n) is 8.66. The second-order valence-electron chi connectivity index (χ2n) is 5.70. The Morgan fingerprint density at radius 2 is 1.63 bits per heavy atom. The van der Waals surface area contributed by atoms with Gasteiger partial charge in [-0.15, -0.1) is 0 Å². The van der Waals surface area contributed by atoms with Gasteiger partial charge in [-0.25, -0.2) is 4.99 Å². The Balaban J connectivity index is 2.07. The molecule has 0 aliphatic carbocycles. The lowest BCUT2D eigenvalue weighted by atomic mass is 10.2. The summed E-state index contributed by atoms with van der Waals surface area (Å²) in [4.78, 5) is 4.64. The van der Waals surface area contributed by atoms with Gasteiger partial charge in [-0.05, 0) is 42.3 Å². The first kappa shape index (κ1) is 20.9. The van der Waals surface area contributed by atoms with Gasteiger partial charge in [0.25, 0.3) is 0 Å². The lowest BCUT2D eigenvalue weighted by Gasteiger charge is -2.15. The van der Waals surface area contributed by atoms with Crippen LogP contribution in [0.3, 0.4) is 0 Å². The van der Waals surface area contributed by atoms with Crippen molar-refractivity contribution in [3.8, 4) is 17.2 Å². The predicted octanol–water partition coefficient (Wildman–Crippen LogP) is 3.73. The van der Waals surface area contributed by atoms with Gasteiger partial charge in [0, 0.05) is 17.6 Å². The van der Waals surface area contributed by atoms with Crippen LogP contribution in [0.5, 0.6) is 17.2 Å². The average molecular weight is 436 g/mol. The first-order chi connectivity index (χ1) is 13.1. The predicted molar refractivity (Wildman–Crippen MR) is 112 cm³/mol. The molecule has 0 heterocycles. The largest absolute Gasteiger partial charge is 0.497 e. The molecular formula is C20H26BrN3O3. The van der Waals surface area contributed by atoms with E-state index in [2.05, 4.69) is 31.6 Å². The molecule has 0 spiro atoms. The Hall–Kier alpha value is -2.41. The van der Waals surface area contributed by atoms with E-state index in [1.54, 1.807) is 21.3 Å². The summed E-state index contributed by atoms with van der Waals surface area (Å²) in [6, 6.07) is 11.7. The number of hydrogen-bond acceptors (Lipinski definition) is 4. The summed E-state index contributed by atoms with van der Waals surface area (Å²) < 4.78 is 16.8. The number of guanidine groups is 1. The van der Waals surface area contributed by atoms with Crippen molar-refractivity contribution in [2.24, 2.45) is 4.99 Å². The molecule has 0 aliphatic rings. The van der Waals surface area contributed by atoms with Crippen molar-refractivity contribution in [2.45, 2.75) is 20.0 Å². The van der Waals surface area contributed by atoms with Gasteiger partial charge in [0.15, 0.2) is 17.5 Å². The monoisotopic (exact) mass is 435 g/mol. The fraction of sp³-hybridized carbons (Fsp3) is 0.350. The van der Waals surface area contributed by atoms with Gasteiger partial charge in [0.05, 0.1) is 27.9 Å². The summed E-state index contributed by atoms with van der Waals surface area (Å²) in [7, 11) is 4.91. The highest BCUT2D eigenvalue weighted by atomic mass is 79.9. The van der Waals surface area contributed by atoms with E-state index in [0.717, 1.165) is 33.9 Å². The molecule has 27 heavy (non-hydrogen) atoms. The molecule has 0 bridgehead atoms. The topological polar surface area (TPSA) is 64.1 Å². The molecule has 0 aromatic heterocycles. The summed E-state index contributed by atoms with van der Waals surface area (Å²) in [6.45, 7) is 3.99. The van der Waals surface area contributed by atoms with Gasteiger partial charge < -0.3 is 24.8 Å². The van der Waals surface area contributed by atoms with Crippen molar-refractivity contribution in [2.75, 3.05) is 27.9 Å². The lowest BCUT2D eigenvalue weighted by molar-refractivity contribution is 0.354. The molecule has 2 rings (SSSR count). The molecule has 0 radical (unpaired) electrons. The second kappa shape index (κ2) is 10.7. The SMILES string of the molecule is CCNC(=NCc1ccc(OC)cc1)NCc1cc(OC)c(OC)cc1Br. The third-order valence-corrected chi connectivity index (χ3v) is 4.66. The number of nitrogens with zero attached hydrogens (tertiary/aromatic N) is 1. The number of nitrogens with one attached hydrogen (secondary N) is 2. The molecule has 0 amide bonds. The highest BCUT2D eigenvalue weighted by Crippen LogP contribution is 2.33. The zero-order valence-corrected chi connectivity index (χ0v) is 17.7. The summed E-state index contributed by atoms with van der Waals surface area (Å²) >= 11 is 3.58. The molecule has 2 N–H and O–H groups in total. The van der Waals surface area contributed by atoms with Crippen LogP contribution >= 0.6 is 15.9 Å². The highest BCUT2D eigenvalue weighted by molar-refractivity contribution is 9.10.